The van der Waals surface area contributed by atoms with Gasteiger partial charge in [-0.25, -0.2) is 0 Å². The van der Waals surface area contributed by atoms with E-state index in [2.05, 4.69) is 0 Å². The minimum Gasteiger partial charge on any atom is -0.383 e. The molecular formula is C19H31NO5. The third-order valence-electron chi connectivity index (χ3n) is 4.00. The van der Waals surface area contributed by atoms with Crippen molar-refractivity contribution < 1.29 is 23.7 Å². The van der Waals surface area contributed by atoms with Gasteiger partial charge in [0.1, 0.15) is 0 Å². The number of amides is 1. The summed E-state index contributed by atoms with van der Waals surface area (Å²) in [6, 6.07) is 9.94. The predicted molar refractivity (Wildman–Crippen MR) is 96.2 cm³/mol. The maximum atomic E-state index is 12.4. The molecule has 1 rings (SSSR count). The van der Waals surface area contributed by atoms with Crippen LogP contribution >= 0.6 is 0 Å². The molecule has 0 aromatic heterocycles. The van der Waals surface area contributed by atoms with Crippen LogP contribution in [0, 0.1) is 0 Å². The molecule has 6 heteroatoms. The van der Waals surface area contributed by atoms with E-state index in [4.69, 9.17) is 18.9 Å². The van der Waals surface area contributed by atoms with Gasteiger partial charge in [0, 0.05) is 34.4 Å². The second kappa shape index (κ2) is 12.8. The molecule has 1 unspecified atom stereocenters. The van der Waals surface area contributed by atoms with E-state index < -0.39 is 6.29 Å². The highest BCUT2D eigenvalue weighted by Crippen LogP contribution is 2.11. The number of nitrogens with zero attached hydrogens (tertiary/aromatic N) is 1. The maximum absolute atomic E-state index is 12.4. The number of hydrogen-bond donors (Lipinski definition) is 0. The summed E-state index contributed by atoms with van der Waals surface area (Å²) in [6.45, 7) is 3.76. The van der Waals surface area contributed by atoms with Gasteiger partial charge in [0.2, 0.25) is 5.91 Å². The Balaban J connectivity index is 2.60. The van der Waals surface area contributed by atoms with E-state index in [1.807, 2.05) is 37.3 Å². The van der Waals surface area contributed by atoms with Crippen LogP contribution < -0.4 is 0 Å². The van der Waals surface area contributed by atoms with Gasteiger partial charge in [-0.1, -0.05) is 37.3 Å². The minimum absolute atomic E-state index is 0.0456. The molecule has 1 atom stereocenters. The van der Waals surface area contributed by atoms with Crippen molar-refractivity contribution in [3.05, 3.63) is 35.9 Å². The van der Waals surface area contributed by atoms with Gasteiger partial charge in [0.05, 0.1) is 25.8 Å². The molecule has 0 fully saturated rings. The third kappa shape index (κ3) is 7.96. The first-order valence-corrected chi connectivity index (χ1v) is 8.61. The van der Waals surface area contributed by atoms with Crippen molar-refractivity contribution in [2.75, 3.05) is 41.1 Å². The molecule has 0 radical (unpaired) electrons. The lowest BCUT2D eigenvalue weighted by molar-refractivity contribution is -0.151. The lowest BCUT2D eigenvalue weighted by Crippen LogP contribution is -2.47. The molecule has 6 nitrogen and oxygen atoms in total. The number of ether oxygens (including phenoxy) is 4. The molecule has 0 aliphatic rings. The van der Waals surface area contributed by atoms with Crippen LogP contribution in [-0.4, -0.2) is 64.2 Å². The van der Waals surface area contributed by atoms with Gasteiger partial charge in [0.15, 0.2) is 6.29 Å². The molecule has 0 bridgehead atoms. The summed E-state index contributed by atoms with van der Waals surface area (Å²) in [5.41, 5.74) is 1.13. The fraction of sp³-hybridized carbons (Fsp3) is 0.632. The van der Waals surface area contributed by atoms with Crippen molar-refractivity contribution in [1.29, 1.82) is 0 Å². The van der Waals surface area contributed by atoms with E-state index in [1.165, 1.54) is 0 Å². The number of methoxy groups -OCH3 is 3. The smallest absolute Gasteiger partial charge is 0.222 e. The van der Waals surface area contributed by atoms with E-state index in [9.17, 15) is 4.79 Å². The number of hydrogen-bond acceptors (Lipinski definition) is 5. The summed E-state index contributed by atoms with van der Waals surface area (Å²) >= 11 is 0. The largest absolute Gasteiger partial charge is 0.383 e. The Labute approximate surface area is 151 Å². The summed E-state index contributed by atoms with van der Waals surface area (Å²) in [5, 5.41) is 0. The first-order chi connectivity index (χ1) is 12.2. The minimum atomic E-state index is -0.458. The highest BCUT2D eigenvalue weighted by Gasteiger charge is 2.25. The van der Waals surface area contributed by atoms with Crippen molar-refractivity contribution in [3.8, 4) is 0 Å². The van der Waals surface area contributed by atoms with Gasteiger partial charge in [-0.3, -0.25) is 4.79 Å². The molecule has 142 valence electrons. The summed E-state index contributed by atoms with van der Waals surface area (Å²) in [5.74, 6) is 0.0456. The van der Waals surface area contributed by atoms with Gasteiger partial charge in [0.25, 0.3) is 0 Å². The Morgan fingerprint density at radius 2 is 1.80 bits per heavy atom. The Morgan fingerprint density at radius 3 is 2.36 bits per heavy atom. The van der Waals surface area contributed by atoms with Crippen molar-refractivity contribution in [2.45, 2.75) is 38.7 Å². The van der Waals surface area contributed by atoms with E-state index in [-0.39, 0.29) is 11.9 Å². The maximum Gasteiger partial charge on any atom is 0.222 e. The predicted octanol–water partition coefficient (Wildman–Crippen LogP) is 2.47. The van der Waals surface area contributed by atoms with Crippen molar-refractivity contribution in [1.82, 2.24) is 4.90 Å². The van der Waals surface area contributed by atoms with Gasteiger partial charge in [-0.15, -0.1) is 0 Å². The molecule has 0 saturated heterocycles. The average Bonchev–Trinajstić information content (AvgIpc) is 2.66. The molecule has 1 aromatic carbocycles. The fourth-order valence-electron chi connectivity index (χ4n) is 2.57. The zero-order valence-corrected chi connectivity index (χ0v) is 15.8. The number of carbonyl (C=O) groups is 1. The molecule has 25 heavy (non-hydrogen) atoms. The van der Waals surface area contributed by atoms with E-state index in [0.29, 0.717) is 39.2 Å². The van der Waals surface area contributed by atoms with Crippen LogP contribution in [-0.2, 0) is 30.3 Å². The fourth-order valence-corrected chi connectivity index (χ4v) is 2.57. The van der Waals surface area contributed by atoms with Crippen molar-refractivity contribution in [3.63, 3.8) is 0 Å². The summed E-state index contributed by atoms with van der Waals surface area (Å²) in [7, 11) is 4.77. The summed E-state index contributed by atoms with van der Waals surface area (Å²) in [4.78, 5) is 14.1. The zero-order chi connectivity index (χ0) is 18.5. The first kappa shape index (κ1) is 21.6. The molecule has 0 aliphatic heterocycles. The van der Waals surface area contributed by atoms with Gasteiger partial charge >= 0.3 is 0 Å². The summed E-state index contributed by atoms with van der Waals surface area (Å²) in [6.07, 6.45) is 0.651. The molecule has 0 heterocycles. The second-order valence-corrected chi connectivity index (χ2v) is 5.74. The van der Waals surface area contributed by atoms with Gasteiger partial charge in [-0.05, 0) is 12.0 Å². The van der Waals surface area contributed by atoms with Crippen molar-refractivity contribution >= 4 is 5.91 Å². The SMILES string of the molecule is CCC(=O)N(CC(OC)OC)C(CCOCc1ccccc1)COC. The zero-order valence-electron chi connectivity index (χ0n) is 15.8. The number of carbonyl (C=O) groups excluding carboxylic acids is 1. The Bertz CT molecular complexity index is 464. The van der Waals surface area contributed by atoms with E-state index >= 15 is 0 Å². The van der Waals surface area contributed by atoms with Crippen LogP contribution in [0.15, 0.2) is 30.3 Å². The lowest BCUT2D eigenvalue weighted by atomic mass is 10.1. The van der Waals surface area contributed by atoms with Crippen LogP contribution in [0.3, 0.4) is 0 Å². The topological polar surface area (TPSA) is 57.2 Å². The Kier molecular flexibility index (Phi) is 11.1. The van der Waals surface area contributed by atoms with Crippen LogP contribution in [0.2, 0.25) is 0 Å². The molecule has 0 spiro atoms. The second-order valence-electron chi connectivity index (χ2n) is 5.74. The summed E-state index contributed by atoms with van der Waals surface area (Å²) < 4.78 is 21.6. The van der Waals surface area contributed by atoms with E-state index in [0.717, 1.165) is 5.56 Å². The van der Waals surface area contributed by atoms with Crippen molar-refractivity contribution in [2.24, 2.45) is 0 Å². The van der Waals surface area contributed by atoms with Crippen LogP contribution in [0.5, 0.6) is 0 Å². The molecule has 0 saturated carbocycles. The highest BCUT2D eigenvalue weighted by molar-refractivity contribution is 5.76. The molecule has 0 aliphatic carbocycles. The molecular weight excluding hydrogens is 322 g/mol. The van der Waals surface area contributed by atoms with Crippen LogP contribution in [0.1, 0.15) is 25.3 Å². The monoisotopic (exact) mass is 353 g/mol. The molecule has 1 aromatic rings. The highest BCUT2D eigenvalue weighted by atomic mass is 16.7. The third-order valence-corrected chi connectivity index (χ3v) is 4.00. The standard InChI is InChI=1S/C19H31NO5/c1-5-18(21)20(13-19(23-3)24-4)17(15-22-2)11-12-25-14-16-9-7-6-8-10-16/h6-10,17,19H,5,11-15H2,1-4H3. The average molecular weight is 353 g/mol. The molecule has 0 N–H and O–H groups in total. The normalized spacial score (nSPS) is 12.4. The van der Waals surface area contributed by atoms with Crippen LogP contribution in [0.25, 0.3) is 0 Å². The van der Waals surface area contributed by atoms with Gasteiger partial charge < -0.3 is 23.8 Å². The van der Waals surface area contributed by atoms with E-state index in [1.54, 1.807) is 26.2 Å². The lowest BCUT2D eigenvalue weighted by Gasteiger charge is -2.33. The Hall–Kier alpha value is -1.47. The number of benzene rings is 1. The van der Waals surface area contributed by atoms with Crippen LogP contribution in [0.4, 0.5) is 0 Å². The quantitative estimate of drug-likeness (QED) is 0.403. The molecule has 1 amide bonds. The number of rotatable bonds is 13. The van der Waals surface area contributed by atoms with Gasteiger partial charge in [-0.2, -0.15) is 0 Å². The Morgan fingerprint density at radius 1 is 1.12 bits per heavy atom. The first-order valence-electron chi connectivity index (χ1n) is 8.61.